The zero-order chi connectivity index (χ0) is 23.7. The van der Waals surface area contributed by atoms with Crippen molar-refractivity contribution in [2.75, 3.05) is 20.2 Å². The van der Waals surface area contributed by atoms with Gasteiger partial charge in [0.25, 0.3) is 0 Å². The van der Waals surface area contributed by atoms with Crippen molar-refractivity contribution in [3.05, 3.63) is 94.1 Å². The fraction of sp³-hybridized carbons (Fsp3) is 0.250. The SMILES string of the molecule is CN1CCCC1COc1ccc(Cc2c(-c3ccc(F)cc3)c(=O)oc3cc(O)ccc23)cc1. The van der Waals surface area contributed by atoms with Crippen LogP contribution in [0.15, 0.2) is 75.9 Å². The van der Waals surface area contributed by atoms with Crippen molar-refractivity contribution >= 4 is 11.0 Å². The molecule has 0 radical (unpaired) electrons. The van der Waals surface area contributed by atoms with E-state index in [1.165, 1.54) is 24.6 Å². The van der Waals surface area contributed by atoms with E-state index in [0.717, 1.165) is 35.2 Å². The molecule has 1 saturated heterocycles. The molecule has 0 saturated carbocycles. The summed E-state index contributed by atoms with van der Waals surface area (Å²) < 4.78 is 25.0. The molecule has 4 aromatic rings. The van der Waals surface area contributed by atoms with Gasteiger partial charge in [0.05, 0.1) is 5.56 Å². The Balaban J connectivity index is 1.48. The molecule has 1 unspecified atom stereocenters. The third-order valence-electron chi connectivity index (χ3n) is 6.55. The summed E-state index contributed by atoms with van der Waals surface area (Å²) in [5.74, 6) is 0.454. The van der Waals surface area contributed by atoms with Crippen LogP contribution in [0.1, 0.15) is 24.0 Å². The first kappa shape index (κ1) is 22.2. The lowest BCUT2D eigenvalue weighted by molar-refractivity contribution is 0.198. The van der Waals surface area contributed by atoms with Crippen molar-refractivity contribution in [3.8, 4) is 22.6 Å². The summed E-state index contributed by atoms with van der Waals surface area (Å²) in [6.45, 7) is 1.78. The van der Waals surface area contributed by atoms with Gasteiger partial charge in [-0.25, -0.2) is 9.18 Å². The number of halogens is 1. The van der Waals surface area contributed by atoms with Crippen LogP contribution in [0.2, 0.25) is 0 Å². The van der Waals surface area contributed by atoms with Gasteiger partial charge < -0.3 is 19.2 Å². The van der Waals surface area contributed by atoms with Gasteiger partial charge in [0, 0.05) is 17.5 Å². The number of likely N-dealkylation sites (N-methyl/N-ethyl adjacent to an activating group) is 1. The van der Waals surface area contributed by atoms with Crippen LogP contribution in [0, 0.1) is 5.82 Å². The van der Waals surface area contributed by atoms with E-state index in [4.69, 9.17) is 9.15 Å². The second-order valence-electron chi connectivity index (χ2n) is 8.84. The molecule has 1 atom stereocenters. The molecule has 0 spiro atoms. The lowest BCUT2D eigenvalue weighted by Crippen LogP contribution is -2.30. The Morgan fingerprint density at radius 3 is 2.56 bits per heavy atom. The standard InChI is InChI=1S/C28H26FNO4/c1-30-14-2-3-21(30)17-33-23-11-4-18(5-12-23)15-25-24-13-10-22(31)16-26(24)34-28(32)27(25)19-6-8-20(29)9-7-19/h4-13,16,21,31H,2-3,14-15,17H2,1H3. The number of hydrogen-bond acceptors (Lipinski definition) is 5. The molecule has 0 amide bonds. The van der Waals surface area contributed by atoms with Crippen LogP contribution < -0.4 is 10.4 Å². The molecule has 1 aliphatic heterocycles. The monoisotopic (exact) mass is 459 g/mol. The number of ether oxygens (including phenoxy) is 1. The zero-order valence-electron chi connectivity index (χ0n) is 19.0. The number of benzene rings is 3. The summed E-state index contributed by atoms with van der Waals surface area (Å²) in [6.07, 6.45) is 2.82. The number of nitrogens with zero attached hydrogens (tertiary/aromatic N) is 1. The lowest BCUT2D eigenvalue weighted by Gasteiger charge is -2.19. The number of phenolic OH excluding ortho intramolecular Hbond substituents is 1. The number of hydrogen-bond donors (Lipinski definition) is 1. The van der Waals surface area contributed by atoms with Gasteiger partial charge in [-0.1, -0.05) is 24.3 Å². The summed E-state index contributed by atoms with van der Waals surface area (Å²) in [5, 5.41) is 10.6. The van der Waals surface area contributed by atoms with E-state index < -0.39 is 5.63 Å². The molecule has 0 aliphatic carbocycles. The quantitative estimate of drug-likeness (QED) is 0.393. The average molecular weight is 460 g/mol. The number of likely N-dealkylation sites (tertiary alicyclic amines) is 1. The molecule has 3 aromatic carbocycles. The maximum absolute atomic E-state index is 13.5. The van der Waals surface area contributed by atoms with Crippen molar-refractivity contribution in [1.82, 2.24) is 4.90 Å². The number of fused-ring (bicyclic) bond motifs is 1. The van der Waals surface area contributed by atoms with E-state index in [-0.39, 0.29) is 11.6 Å². The third kappa shape index (κ3) is 4.54. The summed E-state index contributed by atoms with van der Waals surface area (Å²) in [7, 11) is 2.13. The van der Waals surface area contributed by atoms with Gasteiger partial charge >= 0.3 is 5.63 Å². The van der Waals surface area contributed by atoms with Crippen molar-refractivity contribution in [2.45, 2.75) is 25.3 Å². The van der Waals surface area contributed by atoms with Gasteiger partial charge in [-0.15, -0.1) is 0 Å². The van der Waals surface area contributed by atoms with E-state index in [1.54, 1.807) is 24.3 Å². The van der Waals surface area contributed by atoms with Crippen LogP contribution in [0.5, 0.6) is 11.5 Å². The van der Waals surface area contributed by atoms with Crippen LogP contribution >= 0.6 is 0 Å². The van der Waals surface area contributed by atoms with Crippen molar-refractivity contribution in [1.29, 1.82) is 0 Å². The maximum Gasteiger partial charge on any atom is 0.344 e. The normalized spacial score (nSPS) is 16.2. The predicted octanol–water partition coefficient (Wildman–Crippen LogP) is 5.37. The summed E-state index contributed by atoms with van der Waals surface area (Å²) in [5.41, 5.74) is 2.52. The number of aromatic hydroxyl groups is 1. The second-order valence-corrected chi connectivity index (χ2v) is 8.84. The van der Waals surface area contributed by atoms with Crippen LogP contribution in [-0.4, -0.2) is 36.2 Å². The van der Waals surface area contributed by atoms with Gasteiger partial charge in [0.1, 0.15) is 29.5 Å². The van der Waals surface area contributed by atoms with Gasteiger partial charge in [-0.3, -0.25) is 0 Å². The minimum Gasteiger partial charge on any atom is -0.508 e. The van der Waals surface area contributed by atoms with Gasteiger partial charge in [0.2, 0.25) is 0 Å². The van der Waals surface area contributed by atoms with E-state index in [9.17, 15) is 14.3 Å². The molecular formula is C28H26FNO4. The highest BCUT2D eigenvalue weighted by Crippen LogP contribution is 2.31. The molecule has 1 fully saturated rings. The highest BCUT2D eigenvalue weighted by molar-refractivity contribution is 5.88. The first-order valence-corrected chi connectivity index (χ1v) is 11.4. The zero-order valence-corrected chi connectivity index (χ0v) is 19.0. The third-order valence-corrected chi connectivity index (χ3v) is 6.55. The molecule has 1 N–H and O–H groups in total. The minimum atomic E-state index is -0.527. The first-order valence-electron chi connectivity index (χ1n) is 11.4. The van der Waals surface area contributed by atoms with Crippen molar-refractivity contribution in [3.63, 3.8) is 0 Å². The Morgan fingerprint density at radius 2 is 1.85 bits per heavy atom. The van der Waals surface area contributed by atoms with Gasteiger partial charge in [0.15, 0.2) is 0 Å². The first-order chi connectivity index (χ1) is 16.5. The van der Waals surface area contributed by atoms with E-state index in [1.807, 2.05) is 24.3 Å². The Morgan fingerprint density at radius 1 is 1.09 bits per heavy atom. The molecule has 5 nitrogen and oxygen atoms in total. The molecule has 6 heteroatoms. The Labute approximate surface area is 197 Å². The Kier molecular flexibility index (Phi) is 6.07. The highest BCUT2D eigenvalue weighted by atomic mass is 19.1. The van der Waals surface area contributed by atoms with Gasteiger partial charge in [-0.2, -0.15) is 0 Å². The predicted molar refractivity (Wildman–Crippen MR) is 130 cm³/mol. The highest BCUT2D eigenvalue weighted by Gasteiger charge is 2.21. The van der Waals surface area contributed by atoms with E-state index in [0.29, 0.717) is 35.8 Å². The van der Waals surface area contributed by atoms with Crippen LogP contribution in [0.25, 0.3) is 22.1 Å². The molecular weight excluding hydrogens is 433 g/mol. The summed E-state index contributed by atoms with van der Waals surface area (Å²) in [6, 6.07) is 18.9. The largest absolute Gasteiger partial charge is 0.508 e. The summed E-state index contributed by atoms with van der Waals surface area (Å²) in [4.78, 5) is 15.3. The van der Waals surface area contributed by atoms with Gasteiger partial charge in [-0.05, 0) is 85.9 Å². The Bertz CT molecular complexity index is 1360. The van der Waals surface area contributed by atoms with E-state index >= 15 is 0 Å². The van der Waals surface area contributed by atoms with Crippen LogP contribution in [-0.2, 0) is 6.42 Å². The number of phenols is 1. The molecule has 0 bridgehead atoms. The van der Waals surface area contributed by atoms with E-state index in [2.05, 4.69) is 11.9 Å². The molecule has 2 heterocycles. The Hall–Kier alpha value is -3.64. The molecule has 5 rings (SSSR count). The molecule has 34 heavy (non-hydrogen) atoms. The molecule has 1 aliphatic rings. The van der Waals surface area contributed by atoms with Crippen LogP contribution in [0.3, 0.4) is 0 Å². The molecule has 1 aromatic heterocycles. The number of rotatable bonds is 6. The summed E-state index contributed by atoms with van der Waals surface area (Å²) >= 11 is 0. The maximum atomic E-state index is 13.5. The van der Waals surface area contributed by atoms with Crippen LogP contribution in [0.4, 0.5) is 4.39 Å². The van der Waals surface area contributed by atoms with Crippen molar-refractivity contribution in [2.24, 2.45) is 0 Å². The second kappa shape index (κ2) is 9.31. The topological polar surface area (TPSA) is 62.9 Å². The lowest BCUT2D eigenvalue weighted by atomic mass is 9.93. The fourth-order valence-corrected chi connectivity index (χ4v) is 4.64. The average Bonchev–Trinajstić information content (AvgIpc) is 3.24. The molecule has 174 valence electrons. The minimum absolute atomic E-state index is 0.0190. The smallest absolute Gasteiger partial charge is 0.344 e. The fourth-order valence-electron chi connectivity index (χ4n) is 4.64. The van der Waals surface area contributed by atoms with Crippen molar-refractivity contribution < 1.29 is 18.7 Å².